The first-order chi connectivity index (χ1) is 10.2. The van der Waals surface area contributed by atoms with Crippen LogP contribution in [0.4, 0.5) is 0 Å². The molecule has 0 aliphatic rings. The van der Waals surface area contributed by atoms with Crippen LogP contribution in [0.25, 0.3) is 0 Å². The molecule has 0 aliphatic heterocycles. The van der Waals surface area contributed by atoms with Crippen molar-refractivity contribution in [3.63, 3.8) is 0 Å². The van der Waals surface area contributed by atoms with Crippen molar-refractivity contribution in [2.24, 2.45) is 0 Å². The van der Waals surface area contributed by atoms with E-state index < -0.39 is 6.10 Å². The molecule has 21 heavy (non-hydrogen) atoms. The number of methoxy groups -OCH3 is 1. The molecule has 1 aromatic heterocycles. The smallest absolute Gasteiger partial charge is 0.220 e. The zero-order valence-corrected chi connectivity index (χ0v) is 12.7. The van der Waals surface area contributed by atoms with E-state index in [1.807, 2.05) is 41.8 Å². The van der Waals surface area contributed by atoms with Crippen molar-refractivity contribution in [3.8, 4) is 5.75 Å². The molecule has 0 bridgehead atoms. The molecule has 112 valence electrons. The van der Waals surface area contributed by atoms with Crippen molar-refractivity contribution < 1.29 is 14.6 Å². The van der Waals surface area contributed by atoms with E-state index in [1.54, 1.807) is 7.11 Å². The van der Waals surface area contributed by atoms with Gasteiger partial charge in [0.05, 0.1) is 7.11 Å². The van der Waals surface area contributed by atoms with Gasteiger partial charge in [0, 0.05) is 17.8 Å². The Hall–Kier alpha value is -1.85. The van der Waals surface area contributed by atoms with Crippen molar-refractivity contribution in [2.45, 2.75) is 18.9 Å². The molecule has 0 aliphatic carbocycles. The van der Waals surface area contributed by atoms with Crippen molar-refractivity contribution in [1.29, 1.82) is 0 Å². The fourth-order valence-electron chi connectivity index (χ4n) is 1.97. The van der Waals surface area contributed by atoms with Crippen LogP contribution in [0.1, 0.15) is 23.0 Å². The van der Waals surface area contributed by atoms with Gasteiger partial charge in [-0.2, -0.15) is 0 Å². The van der Waals surface area contributed by atoms with Gasteiger partial charge in [0.2, 0.25) is 5.91 Å². The molecule has 0 fully saturated rings. The van der Waals surface area contributed by atoms with Gasteiger partial charge in [0.25, 0.3) is 0 Å². The van der Waals surface area contributed by atoms with Crippen LogP contribution in [-0.2, 0) is 11.2 Å². The molecule has 4 nitrogen and oxygen atoms in total. The number of carbonyl (C=O) groups is 1. The van der Waals surface area contributed by atoms with Gasteiger partial charge in [-0.25, -0.2) is 0 Å². The first kappa shape index (κ1) is 15.5. The minimum Gasteiger partial charge on any atom is -0.497 e. The van der Waals surface area contributed by atoms with Crippen LogP contribution >= 0.6 is 11.3 Å². The number of aliphatic hydroxyl groups is 1. The predicted octanol–water partition coefficient (Wildman–Crippen LogP) is 2.54. The van der Waals surface area contributed by atoms with Gasteiger partial charge in [-0.1, -0.05) is 18.2 Å². The average Bonchev–Trinajstić information content (AvgIpc) is 3.05. The number of nitrogens with one attached hydrogen (secondary N) is 1. The first-order valence-electron chi connectivity index (χ1n) is 6.80. The molecule has 1 unspecified atom stereocenters. The van der Waals surface area contributed by atoms with Gasteiger partial charge in [-0.15, -0.1) is 11.3 Å². The lowest BCUT2D eigenvalue weighted by atomic mass is 10.1. The van der Waals surface area contributed by atoms with Crippen molar-refractivity contribution in [1.82, 2.24) is 5.32 Å². The minimum absolute atomic E-state index is 0.0616. The fraction of sp³-hybridized carbons (Fsp3) is 0.312. The summed E-state index contributed by atoms with van der Waals surface area (Å²) in [4.78, 5) is 12.7. The van der Waals surface area contributed by atoms with E-state index in [-0.39, 0.29) is 12.5 Å². The lowest BCUT2D eigenvalue weighted by Gasteiger charge is -2.10. The molecule has 1 amide bonds. The number of benzene rings is 1. The minimum atomic E-state index is -0.634. The monoisotopic (exact) mass is 305 g/mol. The molecular formula is C16H19NO3S. The third kappa shape index (κ3) is 4.88. The zero-order chi connectivity index (χ0) is 15.1. The standard InChI is InChI=1S/C16H19NO3S/c1-20-13-5-2-4-12(10-13)7-8-16(19)17-11-14(18)15-6-3-9-21-15/h2-6,9-10,14,18H,7-8,11H2,1H3,(H,17,19). The maximum absolute atomic E-state index is 11.8. The highest BCUT2D eigenvalue weighted by molar-refractivity contribution is 7.10. The number of hydrogen-bond donors (Lipinski definition) is 2. The number of aliphatic hydroxyl groups excluding tert-OH is 1. The zero-order valence-electron chi connectivity index (χ0n) is 11.9. The van der Waals surface area contributed by atoms with E-state index in [9.17, 15) is 9.90 Å². The SMILES string of the molecule is COc1cccc(CCC(=O)NCC(O)c2cccs2)c1. The quantitative estimate of drug-likeness (QED) is 0.826. The molecule has 5 heteroatoms. The Morgan fingerprint density at radius 2 is 2.24 bits per heavy atom. The van der Waals surface area contributed by atoms with Gasteiger partial charge in [0.15, 0.2) is 0 Å². The van der Waals surface area contributed by atoms with Gasteiger partial charge in [-0.3, -0.25) is 4.79 Å². The number of thiophene rings is 1. The van der Waals surface area contributed by atoms with E-state index in [4.69, 9.17) is 4.74 Å². The average molecular weight is 305 g/mol. The number of amides is 1. The lowest BCUT2D eigenvalue weighted by Crippen LogP contribution is -2.28. The van der Waals surface area contributed by atoms with Gasteiger partial charge < -0.3 is 15.2 Å². The first-order valence-corrected chi connectivity index (χ1v) is 7.68. The molecule has 1 atom stereocenters. The predicted molar refractivity (Wildman–Crippen MR) is 83.6 cm³/mol. The van der Waals surface area contributed by atoms with Crippen molar-refractivity contribution in [3.05, 3.63) is 52.2 Å². The van der Waals surface area contributed by atoms with Gasteiger partial charge in [0.1, 0.15) is 11.9 Å². The van der Waals surface area contributed by atoms with Crippen molar-refractivity contribution >= 4 is 17.2 Å². The van der Waals surface area contributed by atoms with Crippen LogP contribution in [0.2, 0.25) is 0 Å². The molecule has 0 radical (unpaired) electrons. The normalized spacial score (nSPS) is 11.9. The van der Waals surface area contributed by atoms with E-state index in [2.05, 4.69) is 5.32 Å². The Morgan fingerprint density at radius 3 is 2.95 bits per heavy atom. The van der Waals surface area contributed by atoms with Crippen LogP contribution in [0.3, 0.4) is 0 Å². The van der Waals surface area contributed by atoms with E-state index >= 15 is 0 Å². The Kier molecular flexibility index (Phi) is 5.78. The van der Waals surface area contributed by atoms with Crippen LogP contribution in [0.15, 0.2) is 41.8 Å². The molecular weight excluding hydrogens is 286 g/mol. The molecule has 2 rings (SSSR count). The summed E-state index contributed by atoms with van der Waals surface area (Å²) in [6, 6.07) is 11.4. The third-order valence-electron chi connectivity index (χ3n) is 3.14. The third-order valence-corrected chi connectivity index (χ3v) is 4.11. The summed E-state index contributed by atoms with van der Waals surface area (Å²) in [5.74, 6) is 0.731. The molecule has 0 spiro atoms. The highest BCUT2D eigenvalue weighted by Crippen LogP contribution is 2.18. The number of carbonyl (C=O) groups excluding carboxylic acids is 1. The molecule has 0 saturated carbocycles. The van der Waals surface area contributed by atoms with Crippen LogP contribution in [-0.4, -0.2) is 24.7 Å². The second kappa shape index (κ2) is 7.81. The molecule has 2 aromatic rings. The number of ether oxygens (including phenoxy) is 1. The summed E-state index contributed by atoms with van der Waals surface area (Å²) in [5, 5.41) is 14.6. The van der Waals surface area contributed by atoms with Crippen LogP contribution < -0.4 is 10.1 Å². The molecule has 1 heterocycles. The number of rotatable bonds is 7. The summed E-state index contributed by atoms with van der Waals surface area (Å²) in [6.07, 6.45) is 0.411. The Labute approximate surface area is 128 Å². The summed E-state index contributed by atoms with van der Waals surface area (Å²) in [6.45, 7) is 0.247. The topological polar surface area (TPSA) is 58.6 Å². The highest BCUT2D eigenvalue weighted by Gasteiger charge is 2.10. The summed E-state index contributed by atoms with van der Waals surface area (Å²) < 4.78 is 5.15. The Bertz CT molecular complexity index is 569. The van der Waals surface area contributed by atoms with E-state index in [1.165, 1.54) is 11.3 Å². The summed E-state index contributed by atoms with van der Waals surface area (Å²) in [7, 11) is 1.62. The van der Waals surface area contributed by atoms with E-state index in [0.717, 1.165) is 16.2 Å². The van der Waals surface area contributed by atoms with Crippen LogP contribution in [0.5, 0.6) is 5.75 Å². The summed E-state index contributed by atoms with van der Waals surface area (Å²) in [5.41, 5.74) is 1.06. The fourth-order valence-corrected chi connectivity index (χ4v) is 2.68. The van der Waals surface area contributed by atoms with Gasteiger partial charge >= 0.3 is 0 Å². The highest BCUT2D eigenvalue weighted by atomic mass is 32.1. The number of hydrogen-bond acceptors (Lipinski definition) is 4. The second-order valence-electron chi connectivity index (χ2n) is 4.69. The maximum atomic E-state index is 11.8. The lowest BCUT2D eigenvalue weighted by molar-refractivity contribution is -0.121. The summed E-state index contributed by atoms with van der Waals surface area (Å²) >= 11 is 1.48. The Morgan fingerprint density at radius 1 is 1.38 bits per heavy atom. The Balaban J connectivity index is 1.74. The van der Waals surface area contributed by atoms with Crippen LogP contribution in [0, 0.1) is 0 Å². The number of aryl methyl sites for hydroxylation is 1. The second-order valence-corrected chi connectivity index (χ2v) is 5.67. The van der Waals surface area contributed by atoms with E-state index in [0.29, 0.717) is 12.8 Å². The maximum Gasteiger partial charge on any atom is 0.220 e. The largest absolute Gasteiger partial charge is 0.497 e. The van der Waals surface area contributed by atoms with Crippen molar-refractivity contribution in [2.75, 3.05) is 13.7 Å². The van der Waals surface area contributed by atoms with Gasteiger partial charge in [-0.05, 0) is 35.6 Å². The molecule has 1 aromatic carbocycles. The molecule has 0 saturated heterocycles. The molecule has 2 N–H and O–H groups in total.